The van der Waals surface area contributed by atoms with E-state index in [0.717, 1.165) is 21.3 Å². The Labute approximate surface area is 109 Å². The van der Waals surface area contributed by atoms with Gasteiger partial charge in [-0.3, -0.25) is 0 Å². The van der Waals surface area contributed by atoms with Crippen LogP contribution >= 0.6 is 15.9 Å². The van der Waals surface area contributed by atoms with Crippen LogP contribution in [0, 0.1) is 0 Å². The molecule has 88 valence electrons. The first-order chi connectivity index (χ1) is 8.22. The number of ether oxygens (including phenoxy) is 1. The number of benzene rings is 1. The summed E-state index contributed by atoms with van der Waals surface area (Å²) in [5, 5.41) is 0. The lowest BCUT2D eigenvalue weighted by Gasteiger charge is -2.07. The standard InChI is InChI=1S/C13H13BrN2O/c1-17-13-6-9(8-15)5-12(16-13)10-3-2-4-11(14)7-10/h2-7H,8,15H2,1H3. The van der Waals surface area contributed by atoms with Crippen LogP contribution in [0.4, 0.5) is 0 Å². The third-order valence-electron chi connectivity index (χ3n) is 2.43. The van der Waals surface area contributed by atoms with Gasteiger partial charge in [0.2, 0.25) is 5.88 Å². The molecule has 0 saturated carbocycles. The molecule has 0 bridgehead atoms. The van der Waals surface area contributed by atoms with Crippen LogP contribution in [0.5, 0.6) is 5.88 Å². The van der Waals surface area contributed by atoms with Crippen molar-refractivity contribution in [2.75, 3.05) is 7.11 Å². The van der Waals surface area contributed by atoms with E-state index in [1.54, 1.807) is 7.11 Å². The van der Waals surface area contributed by atoms with Crippen LogP contribution < -0.4 is 10.5 Å². The van der Waals surface area contributed by atoms with Gasteiger partial charge in [-0.15, -0.1) is 0 Å². The first-order valence-corrected chi connectivity index (χ1v) is 6.03. The second-order valence-electron chi connectivity index (χ2n) is 3.62. The van der Waals surface area contributed by atoms with Crippen molar-refractivity contribution >= 4 is 15.9 Å². The van der Waals surface area contributed by atoms with Crippen LogP contribution in [0.15, 0.2) is 40.9 Å². The summed E-state index contributed by atoms with van der Waals surface area (Å²) in [6.45, 7) is 0.472. The Kier molecular flexibility index (Phi) is 3.76. The SMILES string of the molecule is COc1cc(CN)cc(-c2cccc(Br)c2)n1. The maximum Gasteiger partial charge on any atom is 0.213 e. The lowest BCUT2D eigenvalue weighted by atomic mass is 10.1. The van der Waals surface area contributed by atoms with E-state index in [1.165, 1.54) is 0 Å². The van der Waals surface area contributed by atoms with Crippen molar-refractivity contribution in [2.45, 2.75) is 6.54 Å². The third-order valence-corrected chi connectivity index (χ3v) is 2.92. The average Bonchev–Trinajstić information content (AvgIpc) is 2.38. The molecule has 0 fully saturated rings. The Bertz CT molecular complexity index is 506. The minimum absolute atomic E-state index is 0.472. The molecule has 0 spiro atoms. The molecule has 0 aliphatic heterocycles. The number of aromatic nitrogens is 1. The molecule has 0 unspecified atom stereocenters. The topological polar surface area (TPSA) is 48.1 Å². The molecule has 0 atom stereocenters. The second kappa shape index (κ2) is 5.29. The Balaban J connectivity index is 2.50. The highest BCUT2D eigenvalue weighted by Gasteiger charge is 2.05. The Morgan fingerprint density at radius 1 is 1.29 bits per heavy atom. The highest BCUT2D eigenvalue weighted by Crippen LogP contribution is 2.24. The predicted molar refractivity (Wildman–Crippen MR) is 71.8 cm³/mol. The van der Waals surface area contributed by atoms with Crippen LogP contribution in [0.1, 0.15) is 5.56 Å². The zero-order valence-electron chi connectivity index (χ0n) is 9.48. The summed E-state index contributed by atoms with van der Waals surface area (Å²) in [6.07, 6.45) is 0. The number of nitrogens with two attached hydrogens (primary N) is 1. The van der Waals surface area contributed by atoms with Crippen LogP contribution in [-0.2, 0) is 6.54 Å². The van der Waals surface area contributed by atoms with Gasteiger partial charge in [-0.1, -0.05) is 28.1 Å². The molecule has 1 heterocycles. The van der Waals surface area contributed by atoms with E-state index in [-0.39, 0.29) is 0 Å². The number of halogens is 1. The van der Waals surface area contributed by atoms with Crippen LogP contribution in [0.2, 0.25) is 0 Å². The second-order valence-corrected chi connectivity index (χ2v) is 4.53. The van der Waals surface area contributed by atoms with Gasteiger partial charge in [0.05, 0.1) is 12.8 Å². The zero-order chi connectivity index (χ0) is 12.3. The fraction of sp³-hybridized carbons (Fsp3) is 0.154. The molecule has 1 aromatic carbocycles. The number of rotatable bonds is 3. The van der Waals surface area contributed by atoms with Gasteiger partial charge in [0.1, 0.15) is 0 Å². The largest absolute Gasteiger partial charge is 0.481 e. The molecule has 0 saturated heterocycles. The molecule has 1 aromatic heterocycles. The number of methoxy groups -OCH3 is 1. The van der Waals surface area contributed by atoms with Crippen LogP contribution in [-0.4, -0.2) is 12.1 Å². The summed E-state index contributed by atoms with van der Waals surface area (Å²) >= 11 is 3.45. The molecule has 0 aliphatic rings. The van der Waals surface area contributed by atoms with Crippen molar-refractivity contribution in [3.8, 4) is 17.1 Å². The van der Waals surface area contributed by atoms with Gasteiger partial charge in [0.25, 0.3) is 0 Å². The van der Waals surface area contributed by atoms with Crippen molar-refractivity contribution in [1.29, 1.82) is 0 Å². The number of pyridine rings is 1. The lowest BCUT2D eigenvalue weighted by molar-refractivity contribution is 0.398. The molecule has 2 N–H and O–H groups in total. The van der Waals surface area contributed by atoms with Gasteiger partial charge in [0, 0.05) is 22.6 Å². The van der Waals surface area contributed by atoms with Gasteiger partial charge >= 0.3 is 0 Å². The van der Waals surface area contributed by atoms with E-state index in [1.807, 2.05) is 36.4 Å². The fourth-order valence-electron chi connectivity index (χ4n) is 1.58. The van der Waals surface area contributed by atoms with E-state index in [2.05, 4.69) is 20.9 Å². The van der Waals surface area contributed by atoms with Gasteiger partial charge in [-0.2, -0.15) is 0 Å². The first kappa shape index (κ1) is 12.1. The Morgan fingerprint density at radius 2 is 2.12 bits per heavy atom. The normalized spacial score (nSPS) is 10.3. The number of hydrogen-bond donors (Lipinski definition) is 1. The molecule has 0 aliphatic carbocycles. The van der Waals surface area contributed by atoms with Crippen molar-refractivity contribution in [3.63, 3.8) is 0 Å². The molecule has 0 radical (unpaired) electrons. The van der Waals surface area contributed by atoms with Crippen molar-refractivity contribution in [2.24, 2.45) is 5.73 Å². The maximum atomic E-state index is 5.66. The van der Waals surface area contributed by atoms with Gasteiger partial charge < -0.3 is 10.5 Å². The van der Waals surface area contributed by atoms with E-state index in [9.17, 15) is 0 Å². The van der Waals surface area contributed by atoms with Crippen LogP contribution in [0.3, 0.4) is 0 Å². The summed E-state index contributed by atoms with van der Waals surface area (Å²) in [6, 6.07) is 11.8. The molecule has 2 rings (SSSR count). The zero-order valence-corrected chi connectivity index (χ0v) is 11.1. The Morgan fingerprint density at radius 3 is 2.76 bits per heavy atom. The molecule has 2 aromatic rings. The molecular weight excluding hydrogens is 280 g/mol. The van der Waals surface area contributed by atoms with E-state index >= 15 is 0 Å². The fourth-order valence-corrected chi connectivity index (χ4v) is 1.98. The minimum atomic E-state index is 0.472. The van der Waals surface area contributed by atoms with Crippen molar-refractivity contribution < 1.29 is 4.74 Å². The number of hydrogen-bond acceptors (Lipinski definition) is 3. The van der Waals surface area contributed by atoms with Gasteiger partial charge in [-0.05, 0) is 23.8 Å². The molecular formula is C13H13BrN2O. The summed E-state index contributed by atoms with van der Waals surface area (Å²) in [7, 11) is 1.60. The van der Waals surface area contributed by atoms with E-state index in [4.69, 9.17) is 10.5 Å². The molecule has 3 nitrogen and oxygen atoms in total. The molecule has 4 heteroatoms. The van der Waals surface area contributed by atoms with Gasteiger partial charge in [0.15, 0.2) is 0 Å². The monoisotopic (exact) mass is 292 g/mol. The lowest BCUT2D eigenvalue weighted by Crippen LogP contribution is -1.99. The summed E-state index contributed by atoms with van der Waals surface area (Å²) in [4.78, 5) is 4.41. The third kappa shape index (κ3) is 2.84. The van der Waals surface area contributed by atoms with Gasteiger partial charge in [-0.25, -0.2) is 4.98 Å². The average molecular weight is 293 g/mol. The van der Waals surface area contributed by atoms with Crippen LogP contribution in [0.25, 0.3) is 11.3 Å². The molecule has 17 heavy (non-hydrogen) atoms. The van der Waals surface area contributed by atoms with Crippen molar-refractivity contribution in [3.05, 3.63) is 46.4 Å². The predicted octanol–water partition coefficient (Wildman–Crippen LogP) is 2.98. The smallest absolute Gasteiger partial charge is 0.213 e. The quantitative estimate of drug-likeness (QED) is 0.946. The maximum absolute atomic E-state index is 5.66. The van der Waals surface area contributed by atoms with Crippen molar-refractivity contribution in [1.82, 2.24) is 4.98 Å². The first-order valence-electron chi connectivity index (χ1n) is 5.24. The summed E-state index contributed by atoms with van der Waals surface area (Å²) in [5.74, 6) is 0.586. The highest BCUT2D eigenvalue weighted by atomic mass is 79.9. The molecule has 0 amide bonds. The number of nitrogens with zero attached hydrogens (tertiary/aromatic N) is 1. The summed E-state index contributed by atoms with van der Waals surface area (Å²) < 4.78 is 6.19. The van der Waals surface area contributed by atoms with E-state index < -0.39 is 0 Å². The Hall–Kier alpha value is -1.39. The summed E-state index contributed by atoms with van der Waals surface area (Å²) in [5.41, 5.74) is 8.57. The minimum Gasteiger partial charge on any atom is -0.481 e. The highest BCUT2D eigenvalue weighted by molar-refractivity contribution is 9.10. The van der Waals surface area contributed by atoms with E-state index in [0.29, 0.717) is 12.4 Å².